The maximum atomic E-state index is 12.5. The number of ether oxygens (including phenoxy) is 1. The molecule has 6 heteroatoms. The lowest BCUT2D eigenvalue weighted by Crippen LogP contribution is -2.26. The Morgan fingerprint density at radius 3 is 2.65 bits per heavy atom. The predicted octanol–water partition coefficient (Wildman–Crippen LogP) is 3.07. The van der Waals surface area contributed by atoms with Gasteiger partial charge >= 0.3 is 5.69 Å². The summed E-state index contributed by atoms with van der Waals surface area (Å²) >= 11 is 6.00. The van der Waals surface area contributed by atoms with Crippen molar-refractivity contribution >= 4 is 11.6 Å². The van der Waals surface area contributed by atoms with Crippen molar-refractivity contribution in [3.8, 4) is 11.4 Å². The van der Waals surface area contributed by atoms with Crippen molar-refractivity contribution in [2.75, 3.05) is 6.61 Å². The Hall–Kier alpha value is -2.53. The largest absolute Gasteiger partial charge is 0.492 e. The van der Waals surface area contributed by atoms with Gasteiger partial charge in [0.25, 0.3) is 0 Å². The topological polar surface area (TPSA) is 49.1 Å². The average Bonchev–Trinajstić information content (AvgIpc) is 2.82. The van der Waals surface area contributed by atoms with E-state index in [1.165, 1.54) is 9.25 Å². The first-order valence-electron chi connectivity index (χ1n) is 7.25. The first-order chi connectivity index (χ1) is 11.1. The van der Waals surface area contributed by atoms with E-state index in [1.54, 1.807) is 25.1 Å². The first kappa shape index (κ1) is 15.4. The Bertz CT molecular complexity index is 856. The highest BCUT2D eigenvalue weighted by atomic mass is 35.5. The molecule has 0 aliphatic carbocycles. The highest BCUT2D eigenvalue weighted by molar-refractivity contribution is 6.30. The van der Waals surface area contributed by atoms with Gasteiger partial charge in [-0.05, 0) is 37.3 Å². The van der Waals surface area contributed by atoms with Gasteiger partial charge in [-0.1, -0.05) is 35.9 Å². The van der Waals surface area contributed by atoms with Crippen LogP contribution in [0.25, 0.3) is 5.69 Å². The summed E-state index contributed by atoms with van der Waals surface area (Å²) in [6.07, 6.45) is 0. The van der Waals surface area contributed by atoms with Gasteiger partial charge in [0, 0.05) is 5.02 Å². The monoisotopic (exact) mass is 329 g/mol. The molecule has 0 radical (unpaired) electrons. The van der Waals surface area contributed by atoms with Crippen molar-refractivity contribution < 1.29 is 4.74 Å². The molecule has 0 fully saturated rings. The van der Waals surface area contributed by atoms with Gasteiger partial charge < -0.3 is 4.74 Å². The van der Waals surface area contributed by atoms with Gasteiger partial charge in [-0.2, -0.15) is 5.10 Å². The van der Waals surface area contributed by atoms with Crippen LogP contribution in [0.2, 0.25) is 5.02 Å². The molecular weight excluding hydrogens is 314 g/mol. The summed E-state index contributed by atoms with van der Waals surface area (Å²) < 4.78 is 8.55. The molecule has 0 bridgehead atoms. The highest BCUT2D eigenvalue weighted by Gasteiger charge is 2.12. The number of nitrogens with zero attached hydrogens (tertiary/aromatic N) is 3. The average molecular weight is 330 g/mol. The number of aryl methyl sites for hydroxylation is 1. The lowest BCUT2D eigenvalue weighted by atomic mass is 10.3. The van der Waals surface area contributed by atoms with Crippen molar-refractivity contribution in [2.45, 2.75) is 13.5 Å². The van der Waals surface area contributed by atoms with Gasteiger partial charge in [-0.25, -0.2) is 14.0 Å². The molecule has 0 spiro atoms. The number of aromatic nitrogens is 3. The SMILES string of the molecule is Cc1nn(CCOc2ccccc2)c(=O)n1-c1cccc(Cl)c1. The maximum Gasteiger partial charge on any atom is 0.350 e. The van der Waals surface area contributed by atoms with Gasteiger partial charge in [0.1, 0.15) is 18.2 Å². The third-order valence-electron chi connectivity index (χ3n) is 3.38. The zero-order valence-corrected chi connectivity index (χ0v) is 13.4. The standard InChI is InChI=1S/C17H16ClN3O2/c1-13-19-20(10-11-23-16-8-3-2-4-9-16)17(22)21(13)15-7-5-6-14(18)12-15/h2-9,12H,10-11H2,1H3. The van der Waals surface area contributed by atoms with E-state index in [0.29, 0.717) is 29.7 Å². The van der Waals surface area contributed by atoms with Gasteiger partial charge in [0.15, 0.2) is 0 Å². The van der Waals surface area contributed by atoms with Crippen LogP contribution >= 0.6 is 11.6 Å². The number of hydrogen-bond donors (Lipinski definition) is 0. The molecule has 2 aromatic carbocycles. The predicted molar refractivity (Wildman–Crippen MR) is 89.5 cm³/mol. The Balaban J connectivity index is 1.77. The van der Waals surface area contributed by atoms with Crippen molar-refractivity contribution in [2.24, 2.45) is 0 Å². The van der Waals surface area contributed by atoms with Crippen LogP contribution in [0.1, 0.15) is 5.82 Å². The second-order valence-electron chi connectivity index (χ2n) is 5.03. The van der Waals surface area contributed by atoms with Crippen LogP contribution < -0.4 is 10.4 Å². The van der Waals surface area contributed by atoms with E-state index in [0.717, 1.165) is 5.75 Å². The zero-order chi connectivity index (χ0) is 16.2. The van der Waals surface area contributed by atoms with Crippen molar-refractivity contribution in [3.63, 3.8) is 0 Å². The molecule has 3 rings (SSSR count). The van der Waals surface area contributed by atoms with Crippen molar-refractivity contribution in [3.05, 3.63) is 75.9 Å². The lowest BCUT2D eigenvalue weighted by Gasteiger charge is -2.05. The van der Waals surface area contributed by atoms with E-state index >= 15 is 0 Å². The van der Waals surface area contributed by atoms with Crippen LogP contribution in [0, 0.1) is 6.92 Å². The van der Waals surface area contributed by atoms with E-state index in [4.69, 9.17) is 16.3 Å². The Morgan fingerprint density at radius 2 is 1.91 bits per heavy atom. The minimum atomic E-state index is -0.207. The minimum Gasteiger partial charge on any atom is -0.492 e. The summed E-state index contributed by atoms with van der Waals surface area (Å²) in [6.45, 7) is 2.54. The zero-order valence-electron chi connectivity index (χ0n) is 12.6. The van der Waals surface area contributed by atoms with Gasteiger partial charge in [0.2, 0.25) is 0 Å². The minimum absolute atomic E-state index is 0.207. The Labute approximate surface area is 138 Å². The quantitative estimate of drug-likeness (QED) is 0.722. The number of benzene rings is 2. The summed E-state index contributed by atoms with van der Waals surface area (Å²) in [5.74, 6) is 1.38. The molecule has 5 nitrogen and oxygen atoms in total. The summed E-state index contributed by atoms with van der Waals surface area (Å²) in [4.78, 5) is 12.5. The molecule has 1 aromatic heterocycles. The summed E-state index contributed by atoms with van der Waals surface area (Å²) in [5, 5.41) is 4.87. The van der Waals surface area contributed by atoms with Crippen LogP contribution in [0.15, 0.2) is 59.4 Å². The van der Waals surface area contributed by atoms with E-state index in [-0.39, 0.29) is 5.69 Å². The van der Waals surface area contributed by atoms with E-state index in [2.05, 4.69) is 5.10 Å². The van der Waals surface area contributed by atoms with Crippen LogP contribution in [0.4, 0.5) is 0 Å². The summed E-state index contributed by atoms with van der Waals surface area (Å²) in [6, 6.07) is 16.6. The van der Waals surface area contributed by atoms with Crippen molar-refractivity contribution in [1.29, 1.82) is 0 Å². The molecule has 3 aromatic rings. The number of hydrogen-bond acceptors (Lipinski definition) is 3. The molecule has 0 aliphatic heterocycles. The second-order valence-corrected chi connectivity index (χ2v) is 5.47. The Kier molecular flexibility index (Phi) is 4.48. The van der Waals surface area contributed by atoms with Gasteiger partial charge in [0.05, 0.1) is 12.2 Å². The molecule has 1 heterocycles. The van der Waals surface area contributed by atoms with E-state index in [1.807, 2.05) is 36.4 Å². The molecule has 0 saturated heterocycles. The Morgan fingerprint density at radius 1 is 1.13 bits per heavy atom. The normalized spacial score (nSPS) is 10.7. The van der Waals surface area contributed by atoms with Gasteiger partial charge in [-0.3, -0.25) is 0 Å². The molecule has 118 valence electrons. The van der Waals surface area contributed by atoms with Crippen LogP contribution in [0.3, 0.4) is 0 Å². The number of rotatable bonds is 5. The molecule has 0 unspecified atom stereocenters. The molecule has 0 saturated carbocycles. The maximum absolute atomic E-state index is 12.5. The van der Waals surface area contributed by atoms with E-state index in [9.17, 15) is 4.79 Å². The summed E-state index contributed by atoms with van der Waals surface area (Å²) in [5.41, 5.74) is 0.497. The molecular formula is C17H16ClN3O2. The van der Waals surface area contributed by atoms with Crippen molar-refractivity contribution in [1.82, 2.24) is 14.3 Å². The smallest absolute Gasteiger partial charge is 0.350 e. The number of halogens is 1. The molecule has 0 atom stereocenters. The third kappa shape index (κ3) is 3.46. The van der Waals surface area contributed by atoms with Crippen LogP contribution in [0.5, 0.6) is 5.75 Å². The first-order valence-corrected chi connectivity index (χ1v) is 7.63. The van der Waals surface area contributed by atoms with Gasteiger partial charge in [-0.15, -0.1) is 0 Å². The van der Waals surface area contributed by atoms with Crippen LogP contribution in [-0.2, 0) is 6.54 Å². The van der Waals surface area contributed by atoms with E-state index < -0.39 is 0 Å². The second kappa shape index (κ2) is 6.71. The van der Waals surface area contributed by atoms with Crippen LogP contribution in [-0.4, -0.2) is 21.0 Å². The molecule has 0 amide bonds. The number of para-hydroxylation sites is 1. The third-order valence-corrected chi connectivity index (χ3v) is 3.62. The fraction of sp³-hybridized carbons (Fsp3) is 0.176. The lowest BCUT2D eigenvalue weighted by molar-refractivity contribution is 0.288. The molecule has 0 N–H and O–H groups in total. The summed E-state index contributed by atoms with van der Waals surface area (Å²) in [7, 11) is 0. The molecule has 23 heavy (non-hydrogen) atoms. The highest BCUT2D eigenvalue weighted by Crippen LogP contribution is 2.14. The fourth-order valence-electron chi connectivity index (χ4n) is 2.34. The fourth-order valence-corrected chi connectivity index (χ4v) is 2.53. The molecule has 0 aliphatic rings.